The van der Waals surface area contributed by atoms with Crippen LogP contribution in [0, 0.1) is 0 Å². The molecule has 0 saturated heterocycles. The third kappa shape index (κ3) is 9620. The van der Waals surface area contributed by atoms with Crippen molar-refractivity contribution in [2.75, 3.05) is 0 Å². The second-order valence-corrected chi connectivity index (χ2v) is 1.69. The Morgan fingerprint density at radius 2 is 1.25 bits per heavy atom. The van der Waals surface area contributed by atoms with Gasteiger partial charge in [-0.1, -0.05) is 0 Å². The quantitative estimate of drug-likeness (QED) is 0.531. The molecular formula is CHCuF3O2S. The summed E-state index contributed by atoms with van der Waals surface area (Å²) < 4.78 is 46.6. The van der Waals surface area contributed by atoms with Gasteiger partial charge in [-0.2, -0.15) is 13.2 Å². The van der Waals surface area contributed by atoms with Crippen molar-refractivity contribution in [3.63, 3.8) is 0 Å². The molecule has 0 radical (unpaired) electrons. The summed E-state index contributed by atoms with van der Waals surface area (Å²) in [6, 6.07) is 0. The van der Waals surface area contributed by atoms with E-state index in [1.807, 2.05) is 0 Å². The van der Waals surface area contributed by atoms with Crippen LogP contribution in [0.25, 0.3) is 0 Å². The Bertz CT molecular complexity index is 115. The average molecular weight is 198 g/mol. The Morgan fingerprint density at radius 3 is 1.25 bits per heavy atom. The maximum atomic E-state index is 9.67. The number of hydrogen-bond donors (Lipinski definition) is 0. The molecule has 0 atom stereocenters. The number of rotatable bonds is 0. The second-order valence-electron chi connectivity index (χ2n) is 0.416. The molecule has 0 saturated carbocycles. The van der Waals surface area contributed by atoms with Crippen LogP contribution in [0.2, 0.25) is 0 Å². The topological polar surface area (TPSA) is 34.1 Å². The molecule has 0 unspecified atom stereocenters. The van der Waals surface area contributed by atoms with Crippen LogP contribution in [-0.2, 0) is 23.0 Å². The molecule has 0 aromatic rings. The monoisotopic (exact) mass is 197 g/mol. The molecule has 0 aliphatic heterocycles. The molecule has 0 aromatic carbocycles. The van der Waals surface area contributed by atoms with Gasteiger partial charge in [0.2, 0.25) is 0 Å². The maximum absolute atomic E-state index is 9.67. The van der Waals surface area contributed by atoms with Crippen molar-refractivity contribution in [2.24, 2.45) is 0 Å². The predicted octanol–water partition coefficient (Wildman–Crippen LogP) is 0.506. The van der Waals surface area contributed by atoms with Gasteiger partial charge in [0.25, 0.3) is 0 Å². The summed E-state index contributed by atoms with van der Waals surface area (Å²) in [6.07, 6.45) is 0. The molecule has 0 N–H and O–H groups in total. The minimum absolute atomic E-state index is 2.30. The molecule has 0 spiro atoms. The summed E-state index contributed by atoms with van der Waals surface area (Å²) in [6.45, 7) is -3.67. The molecular weight excluding hydrogens is 197 g/mol. The van der Waals surface area contributed by atoms with Gasteiger partial charge in [0.1, 0.15) is 0 Å². The molecule has 0 heterocycles. The van der Waals surface area contributed by atoms with Crippen LogP contribution in [0.4, 0.5) is 13.2 Å². The van der Waals surface area contributed by atoms with Gasteiger partial charge in [0.05, 0.1) is 0 Å². The fourth-order valence-electron chi connectivity index (χ4n) is 0. The fraction of sp³-hybridized carbons (Fsp3) is 1.00. The molecule has 0 aliphatic carbocycles. The van der Waals surface area contributed by atoms with Crippen molar-refractivity contribution < 1.29 is 36.0 Å². The fourth-order valence-corrected chi connectivity index (χ4v) is 0. The SMILES string of the molecule is FC(F)F.O=[S](=O)=[Cu]. The Kier molecular flexibility index (Phi) is 9.80. The van der Waals surface area contributed by atoms with Crippen LogP contribution >= 0.6 is 0 Å². The van der Waals surface area contributed by atoms with Crippen molar-refractivity contribution >= 4 is 8.63 Å². The Morgan fingerprint density at radius 1 is 1.25 bits per heavy atom. The van der Waals surface area contributed by atoms with Crippen molar-refractivity contribution in [1.29, 1.82) is 0 Å². The average Bonchev–Trinajstić information content (AvgIpc) is 1.25. The zero-order valence-electron chi connectivity index (χ0n) is 3.24. The van der Waals surface area contributed by atoms with Gasteiger partial charge < -0.3 is 0 Å². The number of alkyl halides is 3. The van der Waals surface area contributed by atoms with Crippen molar-refractivity contribution in [1.82, 2.24) is 0 Å². The molecule has 2 nitrogen and oxygen atoms in total. The van der Waals surface area contributed by atoms with Crippen molar-refractivity contribution in [2.45, 2.75) is 6.68 Å². The first kappa shape index (κ1) is 11.0. The summed E-state index contributed by atoms with van der Waals surface area (Å²) in [5, 5.41) is 0. The van der Waals surface area contributed by atoms with E-state index in [0.29, 0.717) is 0 Å². The van der Waals surface area contributed by atoms with Gasteiger partial charge in [-0.15, -0.1) is 0 Å². The van der Waals surface area contributed by atoms with Gasteiger partial charge in [-0.25, -0.2) is 0 Å². The van der Waals surface area contributed by atoms with Crippen LogP contribution in [0.1, 0.15) is 0 Å². The molecule has 8 heavy (non-hydrogen) atoms. The summed E-state index contributed by atoms with van der Waals surface area (Å²) in [5.74, 6) is 0. The third-order valence-corrected chi connectivity index (χ3v) is 0. The minimum atomic E-state index is -3.67. The number of halogens is 3. The van der Waals surface area contributed by atoms with Crippen molar-refractivity contribution in [3.8, 4) is 0 Å². The first-order chi connectivity index (χ1) is 3.46. The molecule has 7 heteroatoms. The summed E-state index contributed by atoms with van der Waals surface area (Å²) >= 11 is 3.66. The van der Waals surface area contributed by atoms with Gasteiger partial charge in [-0.05, 0) is 0 Å². The van der Waals surface area contributed by atoms with Gasteiger partial charge in [-0.3, -0.25) is 0 Å². The molecule has 0 aliphatic rings. The summed E-state index contributed by atoms with van der Waals surface area (Å²) in [7, 11) is -2.30. The van der Waals surface area contributed by atoms with E-state index in [0.717, 1.165) is 0 Å². The Labute approximate surface area is 51.9 Å². The first-order valence-electron chi connectivity index (χ1n) is 1.11. The zero-order valence-corrected chi connectivity index (χ0v) is 5.00. The van der Waals surface area contributed by atoms with E-state index in [-0.39, 0.29) is 0 Å². The van der Waals surface area contributed by atoms with E-state index < -0.39 is 15.3 Å². The summed E-state index contributed by atoms with van der Waals surface area (Å²) in [5.41, 5.74) is 0. The van der Waals surface area contributed by atoms with Crippen LogP contribution in [0.5, 0.6) is 0 Å². The first-order valence-corrected chi connectivity index (χ1v) is 3.18. The molecule has 0 aromatic heterocycles. The van der Waals surface area contributed by atoms with E-state index >= 15 is 0 Å². The van der Waals surface area contributed by atoms with Gasteiger partial charge in [0, 0.05) is 0 Å². The van der Waals surface area contributed by atoms with E-state index in [1.165, 1.54) is 0 Å². The number of hydrogen-bond acceptors (Lipinski definition) is 2. The van der Waals surface area contributed by atoms with Crippen LogP contribution < -0.4 is 0 Å². The molecule has 55 valence electrons. The van der Waals surface area contributed by atoms with E-state index in [4.69, 9.17) is 8.42 Å². The van der Waals surface area contributed by atoms with Crippen LogP contribution in [0.15, 0.2) is 0 Å². The van der Waals surface area contributed by atoms with Gasteiger partial charge in [0.15, 0.2) is 0 Å². The zero-order chi connectivity index (χ0) is 7.15. The molecule has 0 amide bonds. The third-order valence-electron chi connectivity index (χ3n) is 0. The van der Waals surface area contributed by atoms with E-state index in [2.05, 4.69) is 14.4 Å². The van der Waals surface area contributed by atoms with Crippen molar-refractivity contribution in [3.05, 3.63) is 0 Å². The molecule has 0 rings (SSSR count). The van der Waals surface area contributed by atoms with Crippen LogP contribution in [-0.4, -0.2) is 15.1 Å². The van der Waals surface area contributed by atoms with E-state index in [1.54, 1.807) is 0 Å². The summed E-state index contributed by atoms with van der Waals surface area (Å²) in [4.78, 5) is 0. The molecule has 0 bridgehead atoms. The van der Waals surface area contributed by atoms with E-state index in [9.17, 15) is 13.2 Å². The van der Waals surface area contributed by atoms with Gasteiger partial charge >= 0.3 is 38.1 Å². The standard InChI is InChI=1S/CHF3.Cu.O2S/c2-1(3)4;;1-3-2/h1H;;. The second kappa shape index (κ2) is 7.13. The normalized spacial score (nSPS) is 7.75. The van der Waals surface area contributed by atoms with Crippen LogP contribution in [0.3, 0.4) is 0 Å². The Hall–Kier alpha value is 0.129. The predicted molar refractivity (Wildman–Crippen MR) is 16.0 cm³/mol. The molecule has 0 fully saturated rings. The Balaban J connectivity index is 0.